The van der Waals surface area contributed by atoms with E-state index in [0.717, 1.165) is 5.56 Å². The third-order valence-corrected chi connectivity index (χ3v) is 6.08. The van der Waals surface area contributed by atoms with Gasteiger partial charge in [0.05, 0.1) is 23.7 Å². The normalized spacial score (nSPS) is 25.4. The van der Waals surface area contributed by atoms with Crippen molar-refractivity contribution in [2.24, 2.45) is 5.73 Å². The Morgan fingerprint density at radius 3 is 2.62 bits per heavy atom. The summed E-state index contributed by atoms with van der Waals surface area (Å²) < 4.78 is 23.2. The van der Waals surface area contributed by atoms with Crippen LogP contribution in [-0.4, -0.2) is 55.7 Å². The van der Waals surface area contributed by atoms with Crippen molar-refractivity contribution in [3.63, 3.8) is 0 Å². The van der Waals surface area contributed by atoms with Crippen molar-refractivity contribution in [3.8, 4) is 0 Å². The third-order valence-electron chi connectivity index (χ3n) is 4.28. The monoisotopic (exact) mass is 312 g/mol. The van der Waals surface area contributed by atoms with Gasteiger partial charge in [0.2, 0.25) is 0 Å². The molecule has 0 aliphatic carbocycles. The number of rotatable bonds is 5. The topological polar surface area (TPSA) is 83.6 Å². The van der Waals surface area contributed by atoms with Gasteiger partial charge in [-0.2, -0.15) is 0 Å². The van der Waals surface area contributed by atoms with E-state index in [1.54, 1.807) is 0 Å². The lowest BCUT2D eigenvalue weighted by Gasteiger charge is -2.36. The minimum atomic E-state index is -2.90. The first-order chi connectivity index (χ1) is 9.86. The van der Waals surface area contributed by atoms with E-state index >= 15 is 0 Å². The Bertz CT molecular complexity index is 562. The Hall–Kier alpha value is -0.950. The quantitative estimate of drug-likeness (QED) is 0.819. The Balaban J connectivity index is 2.01. The van der Waals surface area contributed by atoms with Crippen LogP contribution in [0.2, 0.25) is 0 Å². The van der Waals surface area contributed by atoms with Gasteiger partial charge in [0.15, 0.2) is 9.84 Å². The predicted octanol–water partition coefficient (Wildman–Crippen LogP) is 0.342. The zero-order valence-corrected chi connectivity index (χ0v) is 13.2. The van der Waals surface area contributed by atoms with Gasteiger partial charge < -0.3 is 10.8 Å². The summed E-state index contributed by atoms with van der Waals surface area (Å²) in [6.45, 7) is 3.02. The molecule has 1 aromatic rings. The Labute approximate surface area is 126 Å². The second-order valence-electron chi connectivity index (χ2n) is 5.93. The van der Waals surface area contributed by atoms with Gasteiger partial charge in [-0.15, -0.1) is 0 Å². The van der Waals surface area contributed by atoms with Crippen molar-refractivity contribution in [3.05, 3.63) is 35.9 Å². The van der Waals surface area contributed by atoms with Gasteiger partial charge in [0.25, 0.3) is 0 Å². The van der Waals surface area contributed by atoms with Gasteiger partial charge in [-0.25, -0.2) is 8.42 Å². The average Bonchev–Trinajstić information content (AvgIpc) is 2.46. The summed E-state index contributed by atoms with van der Waals surface area (Å²) in [4.78, 5) is 2.14. The molecule has 6 heteroatoms. The molecule has 118 valence electrons. The molecular weight excluding hydrogens is 288 g/mol. The zero-order valence-electron chi connectivity index (χ0n) is 12.4. The van der Waals surface area contributed by atoms with Crippen molar-refractivity contribution >= 4 is 9.84 Å². The van der Waals surface area contributed by atoms with Crippen LogP contribution >= 0.6 is 0 Å². The number of benzene rings is 1. The van der Waals surface area contributed by atoms with Gasteiger partial charge in [-0.3, -0.25) is 4.90 Å². The molecule has 1 heterocycles. The van der Waals surface area contributed by atoms with E-state index in [-0.39, 0.29) is 24.2 Å². The van der Waals surface area contributed by atoms with Crippen molar-refractivity contribution in [1.29, 1.82) is 0 Å². The number of nitrogens with two attached hydrogens (primary N) is 1. The van der Waals surface area contributed by atoms with Crippen LogP contribution in [0.25, 0.3) is 0 Å². The van der Waals surface area contributed by atoms with Gasteiger partial charge >= 0.3 is 0 Å². The number of hydrogen-bond donors (Lipinski definition) is 2. The lowest BCUT2D eigenvalue weighted by molar-refractivity contribution is 0.151. The molecule has 5 nitrogen and oxygen atoms in total. The van der Waals surface area contributed by atoms with Crippen LogP contribution in [0.5, 0.6) is 0 Å². The number of nitrogens with zero attached hydrogens (tertiary/aromatic N) is 1. The van der Waals surface area contributed by atoms with Gasteiger partial charge in [0.1, 0.15) is 0 Å². The summed E-state index contributed by atoms with van der Waals surface area (Å²) in [6, 6.07) is 9.56. The van der Waals surface area contributed by atoms with Crippen molar-refractivity contribution in [2.75, 3.05) is 31.2 Å². The molecule has 0 spiro atoms. The summed E-state index contributed by atoms with van der Waals surface area (Å²) in [7, 11) is -2.90. The van der Waals surface area contributed by atoms with E-state index in [9.17, 15) is 13.5 Å². The number of hydrogen-bond acceptors (Lipinski definition) is 5. The van der Waals surface area contributed by atoms with E-state index in [0.29, 0.717) is 19.5 Å². The highest BCUT2D eigenvalue weighted by Crippen LogP contribution is 2.23. The molecule has 1 aromatic carbocycles. The van der Waals surface area contributed by atoms with Crippen molar-refractivity contribution < 1.29 is 13.5 Å². The Morgan fingerprint density at radius 1 is 1.38 bits per heavy atom. The molecule has 2 rings (SSSR count). The highest BCUT2D eigenvalue weighted by atomic mass is 32.2. The molecule has 21 heavy (non-hydrogen) atoms. The van der Waals surface area contributed by atoms with Crippen LogP contribution in [0.3, 0.4) is 0 Å². The van der Waals surface area contributed by atoms with Crippen LogP contribution in [-0.2, 0) is 15.4 Å². The summed E-state index contributed by atoms with van der Waals surface area (Å²) >= 11 is 0. The third kappa shape index (κ3) is 4.03. The molecule has 1 saturated heterocycles. The largest absolute Gasteiger partial charge is 0.394 e. The van der Waals surface area contributed by atoms with Gasteiger partial charge in [-0.05, 0) is 18.9 Å². The maximum atomic E-state index is 11.6. The second kappa shape index (κ2) is 6.44. The van der Waals surface area contributed by atoms with Gasteiger partial charge in [-0.1, -0.05) is 30.3 Å². The molecule has 2 unspecified atom stereocenters. The minimum Gasteiger partial charge on any atom is -0.394 e. The molecule has 0 radical (unpaired) electrons. The van der Waals surface area contributed by atoms with E-state index < -0.39 is 15.4 Å². The maximum Gasteiger partial charge on any atom is 0.153 e. The molecule has 0 aromatic heterocycles. The van der Waals surface area contributed by atoms with Crippen LogP contribution in [0, 0.1) is 0 Å². The smallest absolute Gasteiger partial charge is 0.153 e. The molecule has 0 saturated carbocycles. The zero-order chi connectivity index (χ0) is 15.5. The molecular formula is C15H24N2O3S. The molecule has 1 aliphatic heterocycles. The van der Waals surface area contributed by atoms with Crippen LogP contribution in [0.4, 0.5) is 0 Å². The second-order valence-corrected chi connectivity index (χ2v) is 8.16. The lowest BCUT2D eigenvalue weighted by Crippen LogP contribution is -2.50. The SMILES string of the molecule is CC1CS(=O)(=O)CCN1CCC(N)(CO)c1ccccc1. The fourth-order valence-electron chi connectivity index (χ4n) is 2.79. The molecule has 1 aliphatic rings. The Morgan fingerprint density at radius 2 is 2.05 bits per heavy atom. The van der Waals surface area contributed by atoms with E-state index in [4.69, 9.17) is 5.73 Å². The van der Waals surface area contributed by atoms with E-state index in [1.165, 1.54) is 0 Å². The Kier molecular flexibility index (Phi) is 5.03. The predicted molar refractivity (Wildman–Crippen MR) is 83.7 cm³/mol. The fraction of sp³-hybridized carbons (Fsp3) is 0.600. The highest BCUT2D eigenvalue weighted by molar-refractivity contribution is 7.91. The van der Waals surface area contributed by atoms with Crippen molar-refractivity contribution in [1.82, 2.24) is 4.90 Å². The summed E-state index contributed by atoms with van der Waals surface area (Å²) in [5, 5.41) is 9.68. The maximum absolute atomic E-state index is 11.6. The van der Waals surface area contributed by atoms with Gasteiger partial charge in [0, 0.05) is 19.1 Å². The first-order valence-electron chi connectivity index (χ1n) is 7.26. The lowest BCUT2D eigenvalue weighted by atomic mass is 9.88. The van der Waals surface area contributed by atoms with Crippen LogP contribution in [0.15, 0.2) is 30.3 Å². The minimum absolute atomic E-state index is 0.00228. The summed E-state index contributed by atoms with van der Waals surface area (Å²) in [6.07, 6.45) is 0.595. The molecule has 3 N–H and O–H groups in total. The number of aliphatic hydroxyl groups is 1. The van der Waals surface area contributed by atoms with Crippen LogP contribution < -0.4 is 5.73 Å². The molecule has 0 amide bonds. The fourth-order valence-corrected chi connectivity index (χ4v) is 4.42. The molecule has 1 fully saturated rings. The number of sulfone groups is 1. The average molecular weight is 312 g/mol. The van der Waals surface area contributed by atoms with Crippen LogP contribution in [0.1, 0.15) is 18.9 Å². The first kappa shape index (κ1) is 16.4. The molecule has 0 bridgehead atoms. The summed E-state index contributed by atoms with van der Waals surface area (Å²) in [5.74, 6) is 0.411. The first-order valence-corrected chi connectivity index (χ1v) is 9.08. The summed E-state index contributed by atoms with van der Waals surface area (Å²) in [5.41, 5.74) is 6.47. The molecule has 2 atom stereocenters. The van der Waals surface area contributed by atoms with E-state index in [2.05, 4.69) is 4.90 Å². The highest BCUT2D eigenvalue weighted by Gasteiger charge is 2.31. The van der Waals surface area contributed by atoms with E-state index in [1.807, 2.05) is 37.3 Å². The number of aliphatic hydroxyl groups excluding tert-OH is 1. The van der Waals surface area contributed by atoms with Crippen molar-refractivity contribution in [2.45, 2.75) is 24.9 Å². The standard InChI is InChI=1S/C15H24N2O3S/c1-13-11-21(19,20)10-9-17(13)8-7-15(16,12-18)14-5-3-2-4-6-14/h2-6,13,18H,7-12,16H2,1H3.